The number of rotatable bonds is 9. The number of benzene rings is 2. The second-order valence-corrected chi connectivity index (χ2v) is 7.56. The summed E-state index contributed by atoms with van der Waals surface area (Å²) in [5, 5.41) is 17.2. The van der Waals surface area contributed by atoms with Gasteiger partial charge in [0, 0.05) is 5.75 Å². The lowest BCUT2D eigenvalue weighted by Crippen LogP contribution is -2.11. The Kier molecular flexibility index (Phi) is 9.08. The topological polar surface area (TPSA) is 107 Å². The molecule has 3 N–H and O–H groups in total. The van der Waals surface area contributed by atoms with Crippen molar-refractivity contribution in [2.45, 2.75) is 12.7 Å². The SMILES string of the molecule is CCOc1cc(C=NN=C(N)SCc2ccccc2)cc(I)c1OCC(=O)O. The van der Waals surface area contributed by atoms with E-state index >= 15 is 0 Å². The predicted molar refractivity (Wildman–Crippen MR) is 120 cm³/mol. The average Bonchev–Trinajstić information content (AvgIpc) is 2.66. The first-order chi connectivity index (χ1) is 13.5. The number of amidine groups is 1. The van der Waals surface area contributed by atoms with Crippen LogP contribution in [0.15, 0.2) is 52.7 Å². The van der Waals surface area contributed by atoms with E-state index in [-0.39, 0.29) is 0 Å². The van der Waals surface area contributed by atoms with Gasteiger partial charge in [0.15, 0.2) is 23.3 Å². The molecule has 0 atom stereocenters. The summed E-state index contributed by atoms with van der Waals surface area (Å²) in [5.74, 6) is 0.505. The van der Waals surface area contributed by atoms with Crippen LogP contribution in [0.2, 0.25) is 0 Å². The van der Waals surface area contributed by atoms with Crippen LogP contribution in [0.5, 0.6) is 11.5 Å². The number of halogens is 1. The van der Waals surface area contributed by atoms with Crippen molar-refractivity contribution < 1.29 is 19.4 Å². The summed E-state index contributed by atoms with van der Waals surface area (Å²) in [7, 11) is 0. The fourth-order valence-electron chi connectivity index (χ4n) is 2.11. The van der Waals surface area contributed by atoms with Crippen molar-refractivity contribution in [2.24, 2.45) is 15.9 Å². The molecule has 148 valence electrons. The van der Waals surface area contributed by atoms with Crippen LogP contribution >= 0.6 is 34.4 Å². The Morgan fingerprint density at radius 3 is 2.71 bits per heavy atom. The van der Waals surface area contributed by atoms with Gasteiger partial charge in [0.2, 0.25) is 0 Å². The lowest BCUT2D eigenvalue weighted by atomic mass is 10.2. The lowest BCUT2D eigenvalue weighted by Gasteiger charge is -2.13. The number of nitrogens with zero attached hydrogens (tertiary/aromatic N) is 2. The van der Waals surface area contributed by atoms with Gasteiger partial charge in [0.05, 0.1) is 16.4 Å². The number of thioether (sulfide) groups is 1. The highest BCUT2D eigenvalue weighted by Crippen LogP contribution is 2.33. The maximum atomic E-state index is 10.8. The maximum absolute atomic E-state index is 10.8. The van der Waals surface area contributed by atoms with E-state index in [1.165, 1.54) is 11.8 Å². The van der Waals surface area contributed by atoms with E-state index in [2.05, 4.69) is 32.8 Å². The minimum atomic E-state index is -1.05. The third-order valence-corrected chi connectivity index (χ3v) is 4.92. The van der Waals surface area contributed by atoms with Gasteiger partial charge in [0.1, 0.15) is 0 Å². The molecule has 0 saturated carbocycles. The van der Waals surface area contributed by atoms with Crippen molar-refractivity contribution in [3.63, 3.8) is 0 Å². The highest BCUT2D eigenvalue weighted by Gasteiger charge is 2.13. The zero-order chi connectivity index (χ0) is 20.4. The first-order valence-electron chi connectivity index (χ1n) is 8.33. The van der Waals surface area contributed by atoms with Gasteiger partial charge < -0.3 is 20.3 Å². The molecule has 0 saturated heterocycles. The van der Waals surface area contributed by atoms with Crippen LogP contribution in [0.4, 0.5) is 0 Å². The van der Waals surface area contributed by atoms with Crippen LogP contribution < -0.4 is 15.2 Å². The molecule has 0 aliphatic rings. The molecule has 9 heteroatoms. The molecule has 0 unspecified atom stereocenters. The van der Waals surface area contributed by atoms with Crippen molar-refractivity contribution in [3.05, 3.63) is 57.2 Å². The minimum absolute atomic E-state index is 0.362. The van der Waals surface area contributed by atoms with Gasteiger partial charge in [-0.1, -0.05) is 42.1 Å². The second kappa shape index (κ2) is 11.5. The summed E-state index contributed by atoms with van der Waals surface area (Å²) in [5.41, 5.74) is 7.77. The number of carbonyl (C=O) groups is 1. The normalized spacial score (nSPS) is 11.6. The second-order valence-electron chi connectivity index (χ2n) is 5.40. The number of ether oxygens (including phenoxy) is 2. The highest BCUT2D eigenvalue weighted by atomic mass is 127. The molecule has 0 aliphatic carbocycles. The van der Waals surface area contributed by atoms with E-state index < -0.39 is 12.6 Å². The van der Waals surface area contributed by atoms with Gasteiger partial charge in [-0.05, 0) is 52.8 Å². The number of hydrogen-bond acceptors (Lipinski definition) is 6. The van der Waals surface area contributed by atoms with E-state index in [0.29, 0.717) is 32.6 Å². The van der Waals surface area contributed by atoms with E-state index in [0.717, 1.165) is 11.1 Å². The minimum Gasteiger partial charge on any atom is -0.490 e. The van der Waals surface area contributed by atoms with Gasteiger partial charge in [0.25, 0.3) is 0 Å². The molecule has 0 radical (unpaired) electrons. The largest absolute Gasteiger partial charge is 0.490 e. The van der Waals surface area contributed by atoms with Gasteiger partial charge in [-0.2, -0.15) is 5.10 Å². The number of carboxylic acid groups (broad SMARTS) is 1. The standard InChI is InChI=1S/C19H20IN3O4S/c1-2-26-16-9-14(8-15(20)18(16)27-11-17(24)25)10-22-23-19(21)28-12-13-6-4-3-5-7-13/h3-10H,2,11-12H2,1H3,(H2,21,23)(H,24,25). The van der Waals surface area contributed by atoms with Gasteiger partial charge in [-0.3, -0.25) is 0 Å². The maximum Gasteiger partial charge on any atom is 0.341 e. The summed E-state index contributed by atoms with van der Waals surface area (Å²) in [6, 6.07) is 13.5. The lowest BCUT2D eigenvalue weighted by molar-refractivity contribution is -0.139. The number of carboxylic acids is 1. The Labute approximate surface area is 181 Å². The fourth-order valence-corrected chi connectivity index (χ4v) is 3.51. The van der Waals surface area contributed by atoms with Crippen molar-refractivity contribution in [1.29, 1.82) is 0 Å². The predicted octanol–water partition coefficient (Wildman–Crippen LogP) is 3.74. The Balaban J connectivity index is 2.06. The van der Waals surface area contributed by atoms with Crippen molar-refractivity contribution in [1.82, 2.24) is 0 Å². The van der Waals surface area contributed by atoms with Crippen LogP contribution in [-0.2, 0) is 10.5 Å². The third kappa shape index (κ3) is 7.39. The summed E-state index contributed by atoms with van der Waals surface area (Å²) in [6.07, 6.45) is 1.56. The molecular weight excluding hydrogens is 493 g/mol. The molecule has 0 amide bonds. The molecule has 0 spiro atoms. The fraction of sp³-hybridized carbons (Fsp3) is 0.211. The molecule has 0 aromatic heterocycles. The monoisotopic (exact) mass is 513 g/mol. The van der Waals surface area contributed by atoms with Crippen LogP contribution in [0.25, 0.3) is 0 Å². The molecule has 2 aromatic carbocycles. The van der Waals surface area contributed by atoms with Crippen LogP contribution in [0, 0.1) is 3.57 Å². The number of hydrogen-bond donors (Lipinski definition) is 2. The Hall–Kier alpha value is -2.27. The highest BCUT2D eigenvalue weighted by molar-refractivity contribution is 14.1. The van der Waals surface area contributed by atoms with Gasteiger partial charge in [-0.25, -0.2) is 4.79 Å². The van der Waals surface area contributed by atoms with E-state index in [1.54, 1.807) is 18.3 Å². The summed E-state index contributed by atoms with van der Waals surface area (Å²) >= 11 is 3.46. The van der Waals surface area contributed by atoms with E-state index in [4.69, 9.17) is 20.3 Å². The molecule has 0 bridgehead atoms. The van der Waals surface area contributed by atoms with E-state index in [9.17, 15) is 4.79 Å². The molecule has 0 aliphatic heterocycles. The molecule has 0 heterocycles. The van der Waals surface area contributed by atoms with Crippen molar-refractivity contribution >= 4 is 51.7 Å². The zero-order valence-corrected chi connectivity index (χ0v) is 18.1. The number of nitrogens with two attached hydrogens (primary N) is 1. The summed E-state index contributed by atoms with van der Waals surface area (Å²) in [4.78, 5) is 10.8. The van der Waals surface area contributed by atoms with Crippen LogP contribution in [0.1, 0.15) is 18.1 Å². The molecule has 28 heavy (non-hydrogen) atoms. The van der Waals surface area contributed by atoms with Gasteiger partial charge >= 0.3 is 5.97 Å². The Bertz CT molecular complexity index is 860. The molecule has 2 aromatic rings. The molecule has 7 nitrogen and oxygen atoms in total. The van der Waals surface area contributed by atoms with Gasteiger partial charge in [-0.15, -0.1) is 5.10 Å². The quantitative estimate of drug-likeness (QED) is 0.229. The van der Waals surface area contributed by atoms with E-state index in [1.807, 2.05) is 37.3 Å². The Morgan fingerprint density at radius 2 is 2.04 bits per heavy atom. The van der Waals surface area contributed by atoms with Crippen molar-refractivity contribution in [2.75, 3.05) is 13.2 Å². The first kappa shape index (κ1) is 22.0. The van der Waals surface area contributed by atoms with Crippen LogP contribution in [-0.4, -0.2) is 35.7 Å². The molecule has 0 fully saturated rings. The van der Waals surface area contributed by atoms with Crippen LogP contribution in [0.3, 0.4) is 0 Å². The summed E-state index contributed by atoms with van der Waals surface area (Å²) in [6.45, 7) is 1.81. The zero-order valence-electron chi connectivity index (χ0n) is 15.2. The average molecular weight is 513 g/mol. The smallest absolute Gasteiger partial charge is 0.341 e. The molecular formula is C19H20IN3O4S. The third-order valence-electron chi connectivity index (χ3n) is 3.26. The molecule has 2 rings (SSSR count). The Morgan fingerprint density at radius 1 is 1.29 bits per heavy atom. The van der Waals surface area contributed by atoms with Crippen molar-refractivity contribution in [3.8, 4) is 11.5 Å². The summed E-state index contributed by atoms with van der Waals surface area (Å²) < 4.78 is 11.6. The number of aliphatic carboxylic acids is 1. The first-order valence-corrected chi connectivity index (χ1v) is 10.4.